The predicted molar refractivity (Wildman–Crippen MR) is 71.3 cm³/mol. The normalized spacial score (nSPS) is 17.2. The Morgan fingerprint density at radius 2 is 1.88 bits per heavy atom. The molecule has 0 aromatic carbocycles. The minimum Gasteiger partial charge on any atom is -0.480 e. The highest BCUT2D eigenvalue weighted by molar-refractivity contribution is 5.78. The van der Waals surface area contributed by atoms with Crippen LogP contribution in [0.3, 0.4) is 0 Å². The smallest absolute Gasteiger partial charge is 0.323 e. The Labute approximate surface area is 105 Å². The highest BCUT2D eigenvalue weighted by Gasteiger charge is 2.34. The van der Waals surface area contributed by atoms with Gasteiger partial charge in [0.25, 0.3) is 0 Å². The van der Waals surface area contributed by atoms with Gasteiger partial charge in [-0.25, -0.2) is 0 Å². The molecule has 0 bridgehead atoms. The van der Waals surface area contributed by atoms with E-state index in [4.69, 9.17) is 0 Å². The fourth-order valence-electron chi connectivity index (χ4n) is 2.09. The molecule has 0 aliphatic carbocycles. The van der Waals surface area contributed by atoms with Gasteiger partial charge in [-0.2, -0.15) is 0 Å². The van der Waals surface area contributed by atoms with E-state index in [0.29, 0.717) is 12.3 Å². The van der Waals surface area contributed by atoms with Crippen molar-refractivity contribution in [3.05, 3.63) is 0 Å². The fraction of sp³-hybridized carbons (Fsp3) is 0.923. The second kappa shape index (κ2) is 6.97. The minimum atomic E-state index is -0.820. The van der Waals surface area contributed by atoms with E-state index in [-0.39, 0.29) is 6.04 Å². The maximum atomic E-state index is 11.4. The highest BCUT2D eigenvalue weighted by atomic mass is 16.4. The Balaban J connectivity index is 4.38. The second-order valence-corrected chi connectivity index (χ2v) is 5.87. The monoisotopic (exact) mass is 244 g/mol. The van der Waals surface area contributed by atoms with Gasteiger partial charge in [-0.1, -0.05) is 13.8 Å². The van der Waals surface area contributed by atoms with Gasteiger partial charge in [0.1, 0.15) is 5.54 Å². The molecule has 0 aromatic rings. The standard InChI is InChI=1S/C13H28N2O2/c1-10(2)9-13(4,12(16)17)14-11(3)7-8-15(5)6/h10-11,14H,7-9H2,1-6H3,(H,16,17). The summed E-state index contributed by atoms with van der Waals surface area (Å²) in [5, 5.41) is 12.6. The molecule has 0 saturated heterocycles. The van der Waals surface area contributed by atoms with Gasteiger partial charge in [0.2, 0.25) is 0 Å². The lowest BCUT2D eigenvalue weighted by Crippen LogP contribution is -2.54. The molecule has 0 amide bonds. The van der Waals surface area contributed by atoms with Crippen molar-refractivity contribution < 1.29 is 9.90 Å². The van der Waals surface area contributed by atoms with E-state index < -0.39 is 11.5 Å². The first-order valence-corrected chi connectivity index (χ1v) is 6.33. The molecule has 17 heavy (non-hydrogen) atoms. The summed E-state index contributed by atoms with van der Waals surface area (Å²) >= 11 is 0. The highest BCUT2D eigenvalue weighted by Crippen LogP contribution is 2.18. The van der Waals surface area contributed by atoms with Crippen LogP contribution in [0, 0.1) is 5.92 Å². The molecule has 0 rings (SSSR count). The Bertz CT molecular complexity index is 242. The van der Waals surface area contributed by atoms with Gasteiger partial charge in [-0.15, -0.1) is 0 Å². The van der Waals surface area contributed by atoms with Crippen LogP contribution in [0.4, 0.5) is 0 Å². The number of hydrogen-bond donors (Lipinski definition) is 2. The Hall–Kier alpha value is -0.610. The number of hydrogen-bond acceptors (Lipinski definition) is 3. The number of carboxylic acids is 1. The fourth-order valence-corrected chi connectivity index (χ4v) is 2.09. The van der Waals surface area contributed by atoms with Gasteiger partial charge >= 0.3 is 5.97 Å². The maximum absolute atomic E-state index is 11.4. The Morgan fingerprint density at radius 1 is 1.35 bits per heavy atom. The number of aliphatic carboxylic acids is 1. The lowest BCUT2D eigenvalue weighted by molar-refractivity contribution is -0.145. The summed E-state index contributed by atoms with van der Waals surface area (Å²) in [4.78, 5) is 13.5. The van der Waals surface area contributed by atoms with Crippen molar-refractivity contribution in [1.29, 1.82) is 0 Å². The largest absolute Gasteiger partial charge is 0.480 e. The topological polar surface area (TPSA) is 52.6 Å². The molecular weight excluding hydrogens is 216 g/mol. The van der Waals surface area contributed by atoms with Crippen molar-refractivity contribution >= 4 is 5.97 Å². The lowest BCUT2D eigenvalue weighted by Gasteiger charge is -2.32. The van der Waals surface area contributed by atoms with E-state index >= 15 is 0 Å². The van der Waals surface area contributed by atoms with Crippen LogP contribution in [0.15, 0.2) is 0 Å². The summed E-state index contributed by atoms with van der Waals surface area (Å²) in [5.41, 5.74) is -0.820. The molecule has 0 aliphatic heterocycles. The number of carbonyl (C=O) groups is 1. The summed E-state index contributed by atoms with van der Waals surface area (Å²) in [6.07, 6.45) is 1.60. The third kappa shape index (κ3) is 6.64. The maximum Gasteiger partial charge on any atom is 0.323 e. The zero-order chi connectivity index (χ0) is 13.6. The molecule has 0 spiro atoms. The molecule has 0 fully saturated rings. The van der Waals surface area contributed by atoms with Crippen molar-refractivity contribution in [3.63, 3.8) is 0 Å². The first kappa shape index (κ1) is 16.4. The molecule has 0 radical (unpaired) electrons. The SMILES string of the molecule is CC(C)CC(C)(NC(C)CCN(C)C)C(=O)O. The summed E-state index contributed by atoms with van der Waals surface area (Å²) in [6.45, 7) is 8.89. The number of nitrogens with zero attached hydrogens (tertiary/aromatic N) is 1. The van der Waals surface area contributed by atoms with Crippen LogP contribution < -0.4 is 5.32 Å². The average Bonchev–Trinajstić information content (AvgIpc) is 2.12. The molecule has 2 unspecified atom stereocenters. The third-order valence-corrected chi connectivity index (χ3v) is 2.86. The van der Waals surface area contributed by atoms with Crippen LogP contribution in [0.2, 0.25) is 0 Å². The quantitative estimate of drug-likeness (QED) is 0.683. The zero-order valence-electron chi connectivity index (χ0n) is 12.1. The van der Waals surface area contributed by atoms with E-state index in [2.05, 4.69) is 10.2 Å². The summed E-state index contributed by atoms with van der Waals surface area (Å²) in [7, 11) is 4.05. The Morgan fingerprint density at radius 3 is 2.24 bits per heavy atom. The first-order valence-electron chi connectivity index (χ1n) is 6.33. The van der Waals surface area contributed by atoms with Gasteiger partial charge in [0.15, 0.2) is 0 Å². The van der Waals surface area contributed by atoms with Crippen LogP contribution in [0.1, 0.15) is 40.5 Å². The summed E-state index contributed by atoms with van der Waals surface area (Å²) < 4.78 is 0. The molecule has 0 aliphatic rings. The van der Waals surface area contributed by atoms with Gasteiger partial charge in [0, 0.05) is 6.04 Å². The second-order valence-electron chi connectivity index (χ2n) is 5.87. The van der Waals surface area contributed by atoms with Gasteiger partial charge in [-0.3, -0.25) is 10.1 Å². The van der Waals surface area contributed by atoms with Gasteiger partial charge in [0.05, 0.1) is 0 Å². The van der Waals surface area contributed by atoms with E-state index in [1.165, 1.54) is 0 Å². The van der Waals surface area contributed by atoms with E-state index in [1.807, 2.05) is 34.9 Å². The molecule has 0 saturated carbocycles. The van der Waals surface area contributed by atoms with Crippen molar-refractivity contribution in [3.8, 4) is 0 Å². The molecule has 0 aromatic heterocycles. The molecule has 2 N–H and O–H groups in total. The summed E-state index contributed by atoms with van der Waals surface area (Å²) in [6, 6.07) is 0.206. The first-order chi connectivity index (χ1) is 7.67. The third-order valence-electron chi connectivity index (χ3n) is 2.86. The number of rotatable bonds is 8. The molecule has 4 heteroatoms. The molecule has 2 atom stereocenters. The van der Waals surface area contributed by atoms with Crippen molar-refractivity contribution in [2.45, 2.75) is 52.1 Å². The minimum absolute atomic E-state index is 0.206. The summed E-state index contributed by atoms with van der Waals surface area (Å²) in [5.74, 6) is -0.396. The lowest BCUT2D eigenvalue weighted by atomic mass is 9.89. The number of nitrogens with one attached hydrogen (secondary N) is 1. The van der Waals surface area contributed by atoms with Crippen LogP contribution in [0.25, 0.3) is 0 Å². The van der Waals surface area contributed by atoms with Crippen LogP contribution in [0.5, 0.6) is 0 Å². The molecular formula is C13H28N2O2. The van der Waals surface area contributed by atoms with Crippen molar-refractivity contribution in [1.82, 2.24) is 10.2 Å². The van der Waals surface area contributed by atoms with Gasteiger partial charge < -0.3 is 10.0 Å². The Kier molecular flexibility index (Phi) is 6.72. The van der Waals surface area contributed by atoms with Gasteiger partial charge in [-0.05, 0) is 53.2 Å². The number of carboxylic acid groups (broad SMARTS) is 1. The molecule has 4 nitrogen and oxygen atoms in total. The van der Waals surface area contributed by atoms with Crippen LogP contribution in [-0.2, 0) is 4.79 Å². The van der Waals surface area contributed by atoms with Crippen LogP contribution >= 0.6 is 0 Å². The van der Waals surface area contributed by atoms with Crippen molar-refractivity contribution in [2.75, 3.05) is 20.6 Å². The van der Waals surface area contributed by atoms with E-state index in [0.717, 1.165) is 13.0 Å². The molecule has 0 heterocycles. The van der Waals surface area contributed by atoms with E-state index in [1.54, 1.807) is 6.92 Å². The predicted octanol–water partition coefficient (Wildman–Crippen LogP) is 1.81. The van der Waals surface area contributed by atoms with E-state index in [9.17, 15) is 9.90 Å². The zero-order valence-corrected chi connectivity index (χ0v) is 12.1. The average molecular weight is 244 g/mol. The van der Waals surface area contributed by atoms with Crippen LogP contribution in [-0.4, -0.2) is 48.2 Å². The van der Waals surface area contributed by atoms with Crippen molar-refractivity contribution in [2.24, 2.45) is 5.92 Å². The molecule has 102 valence electrons.